The van der Waals surface area contributed by atoms with Crippen molar-refractivity contribution >= 4 is 11.8 Å². The van der Waals surface area contributed by atoms with Crippen LogP contribution in [0.3, 0.4) is 0 Å². The highest BCUT2D eigenvalue weighted by molar-refractivity contribution is 5.83. The summed E-state index contributed by atoms with van der Waals surface area (Å²) in [4.78, 5) is 22.1. The minimum Gasteiger partial charge on any atom is -0.480 e. The smallest absolute Gasteiger partial charge is 0.320 e. The van der Waals surface area contributed by atoms with Crippen LogP contribution >= 0.6 is 0 Å². The number of rotatable bonds is 12. The van der Waals surface area contributed by atoms with Crippen LogP contribution in [-0.4, -0.2) is 35.5 Å². The summed E-state index contributed by atoms with van der Waals surface area (Å²) >= 11 is 0. The second-order valence-corrected chi connectivity index (χ2v) is 4.90. The molecule has 0 saturated carbocycles. The molecular formula is C13H27N3O3. The fourth-order valence-corrected chi connectivity index (χ4v) is 1.82. The molecule has 0 fully saturated rings. The second kappa shape index (κ2) is 10.9. The molecule has 0 bridgehead atoms. The summed E-state index contributed by atoms with van der Waals surface area (Å²) in [6.07, 6.45) is 5.67. The first-order valence-electron chi connectivity index (χ1n) is 6.95. The fraction of sp³-hybridized carbons (Fsp3) is 0.846. The monoisotopic (exact) mass is 273 g/mol. The van der Waals surface area contributed by atoms with E-state index in [1.54, 1.807) is 0 Å². The number of hydrogen-bond donors (Lipinski definition) is 4. The van der Waals surface area contributed by atoms with Gasteiger partial charge in [0.15, 0.2) is 0 Å². The molecule has 0 heterocycles. The van der Waals surface area contributed by atoms with E-state index in [2.05, 4.69) is 0 Å². The van der Waals surface area contributed by atoms with Gasteiger partial charge in [0.1, 0.15) is 11.8 Å². The van der Waals surface area contributed by atoms with E-state index in [-0.39, 0.29) is 11.8 Å². The molecule has 0 aliphatic carbocycles. The Labute approximate surface area is 114 Å². The van der Waals surface area contributed by atoms with Crippen LogP contribution in [0.15, 0.2) is 0 Å². The van der Waals surface area contributed by atoms with Gasteiger partial charge in [0.2, 0.25) is 0 Å². The highest BCUT2D eigenvalue weighted by Crippen LogP contribution is 2.08. The first-order chi connectivity index (χ1) is 8.99. The van der Waals surface area contributed by atoms with Crippen LogP contribution in [0, 0.1) is 0 Å². The first-order valence-corrected chi connectivity index (χ1v) is 6.95. The number of ketones is 1. The summed E-state index contributed by atoms with van der Waals surface area (Å²) < 4.78 is 0. The zero-order valence-electron chi connectivity index (χ0n) is 11.5. The van der Waals surface area contributed by atoms with E-state index in [4.69, 9.17) is 22.3 Å². The Kier molecular flexibility index (Phi) is 10.3. The topological polar surface area (TPSA) is 132 Å². The van der Waals surface area contributed by atoms with Crippen molar-refractivity contribution in [2.24, 2.45) is 17.2 Å². The molecule has 2 unspecified atom stereocenters. The van der Waals surface area contributed by atoms with Crippen molar-refractivity contribution in [1.82, 2.24) is 0 Å². The molecule has 0 saturated heterocycles. The van der Waals surface area contributed by atoms with E-state index in [1.807, 2.05) is 0 Å². The van der Waals surface area contributed by atoms with Crippen LogP contribution in [0.1, 0.15) is 51.4 Å². The maximum atomic E-state index is 11.7. The van der Waals surface area contributed by atoms with Gasteiger partial charge < -0.3 is 22.3 Å². The van der Waals surface area contributed by atoms with Crippen LogP contribution in [0.2, 0.25) is 0 Å². The number of carboxylic acid groups (broad SMARTS) is 1. The number of hydrogen-bond acceptors (Lipinski definition) is 5. The lowest BCUT2D eigenvalue weighted by Gasteiger charge is -2.10. The fourth-order valence-electron chi connectivity index (χ4n) is 1.82. The van der Waals surface area contributed by atoms with Crippen molar-refractivity contribution in [1.29, 1.82) is 0 Å². The minimum absolute atomic E-state index is 0.0829. The number of unbranched alkanes of at least 4 members (excludes halogenated alkanes) is 3. The summed E-state index contributed by atoms with van der Waals surface area (Å²) in [7, 11) is 0. The van der Waals surface area contributed by atoms with Gasteiger partial charge in [-0.15, -0.1) is 0 Å². The van der Waals surface area contributed by atoms with E-state index in [0.717, 1.165) is 32.1 Å². The van der Waals surface area contributed by atoms with Crippen molar-refractivity contribution in [2.45, 2.75) is 63.5 Å². The molecule has 0 aromatic carbocycles. The zero-order valence-corrected chi connectivity index (χ0v) is 11.5. The van der Waals surface area contributed by atoms with Crippen LogP contribution in [0.4, 0.5) is 0 Å². The molecule has 6 heteroatoms. The summed E-state index contributed by atoms with van der Waals surface area (Å²) in [5.74, 6) is -0.891. The molecule has 0 spiro atoms. The molecule has 0 amide bonds. The number of aliphatic carboxylic acids is 1. The molecule has 0 aliphatic rings. The molecule has 0 aromatic rings. The van der Waals surface area contributed by atoms with Crippen molar-refractivity contribution in [3.8, 4) is 0 Å². The SMILES string of the molecule is NCCCCC(N)C(=O)CCCCCC(N)C(=O)O. The van der Waals surface area contributed by atoms with E-state index >= 15 is 0 Å². The number of carboxylic acids is 1. The second-order valence-electron chi connectivity index (χ2n) is 4.90. The molecule has 7 N–H and O–H groups in total. The molecular weight excluding hydrogens is 246 g/mol. The van der Waals surface area contributed by atoms with Crippen LogP contribution in [-0.2, 0) is 9.59 Å². The number of Topliss-reactive ketones (excluding diaryl/α,β-unsaturated/α-hetero) is 1. The Balaban J connectivity index is 3.54. The summed E-state index contributed by atoms with van der Waals surface area (Å²) in [6.45, 7) is 0.630. The van der Waals surface area contributed by atoms with Crippen LogP contribution < -0.4 is 17.2 Å². The van der Waals surface area contributed by atoms with E-state index in [1.165, 1.54) is 0 Å². The Hall–Kier alpha value is -0.980. The van der Waals surface area contributed by atoms with Crippen molar-refractivity contribution in [2.75, 3.05) is 6.54 Å². The summed E-state index contributed by atoms with van der Waals surface area (Å²) in [5, 5.41) is 8.60. The normalized spacial score (nSPS) is 14.1. The van der Waals surface area contributed by atoms with Gasteiger partial charge in [-0.1, -0.05) is 19.3 Å². The average molecular weight is 273 g/mol. The van der Waals surface area contributed by atoms with Gasteiger partial charge in [-0.05, 0) is 32.2 Å². The lowest BCUT2D eigenvalue weighted by Crippen LogP contribution is -2.30. The largest absolute Gasteiger partial charge is 0.480 e. The Morgan fingerprint density at radius 1 is 0.895 bits per heavy atom. The predicted octanol–water partition coefficient (Wildman–Crippen LogP) is 0.374. The van der Waals surface area contributed by atoms with Crippen molar-refractivity contribution in [3.63, 3.8) is 0 Å². The Morgan fingerprint density at radius 3 is 2.05 bits per heavy atom. The third-order valence-electron chi connectivity index (χ3n) is 3.14. The van der Waals surface area contributed by atoms with Gasteiger partial charge in [-0.3, -0.25) is 9.59 Å². The van der Waals surface area contributed by atoms with Crippen LogP contribution in [0.25, 0.3) is 0 Å². The molecule has 19 heavy (non-hydrogen) atoms. The van der Waals surface area contributed by atoms with E-state index in [9.17, 15) is 9.59 Å². The van der Waals surface area contributed by atoms with Crippen LogP contribution in [0.5, 0.6) is 0 Å². The number of carbonyl (C=O) groups is 2. The number of nitrogens with two attached hydrogens (primary N) is 3. The van der Waals surface area contributed by atoms with E-state index < -0.39 is 12.0 Å². The third kappa shape index (κ3) is 9.58. The summed E-state index contributed by atoms with van der Waals surface area (Å²) in [6, 6.07) is -1.18. The van der Waals surface area contributed by atoms with Gasteiger partial charge in [-0.2, -0.15) is 0 Å². The minimum atomic E-state index is -0.974. The molecule has 0 rings (SSSR count). The van der Waals surface area contributed by atoms with Gasteiger partial charge in [0.05, 0.1) is 6.04 Å². The third-order valence-corrected chi connectivity index (χ3v) is 3.14. The molecule has 0 radical (unpaired) electrons. The number of carbonyl (C=O) groups excluding carboxylic acids is 1. The van der Waals surface area contributed by atoms with Gasteiger partial charge in [-0.25, -0.2) is 0 Å². The van der Waals surface area contributed by atoms with Crippen molar-refractivity contribution in [3.05, 3.63) is 0 Å². The lowest BCUT2D eigenvalue weighted by molar-refractivity contribution is -0.138. The maximum Gasteiger partial charge on any atom is 0.320 e. The molecule has 6 nitrogen and oxygen atoms in total. The Bertz CT molecular complexity index is 272. The van der Waals surface area contributed by atoms with E-state index in [0.29, 0.717) is 25.8 Å². The van der Waals surface area contributed by atoms with Gasteiger partial charge >= 0.3 is 5.97 Å². The molecule has 112 valence electrons. The highest BCUT2D eigenvalue weighted by Gasteiger charge is 2.13. The molecule has 0 aliphatic heterocycles. The average Bonchev–Trinajstić information content (AvgIpc) is 2.37. The Morgan fingerprint density at radius 2 is 1.47 bits per heavy atom. The molecule has 0 aromatic heterocycles. The first kappa shape index (κ1) is 18.0. The standard InChI is InChI=1S/C13H27N3O3/c14-9-5-4-6-10(15)12(17)8-3-1-2-7-11(16)13(18)19/h10-11H,1-9,14-16H2,(H,18,19). The van der Waals surface area contributed by atoms with Gasteiger partial charge in [0, 0.05) is 6.42 Å². The lowest BCUT2D eigenvalue weighted by atomic mass is 10.0. The predicted molar refractivity (Wildman–Crippen MR) is 74.6 cm³/mol. The highest BCUT2D eigenvalue weighted by atomic mass is 16.4. The molecule has 2 atom stereocenters. The zero-order chi connectivity index (χ0) is 14.7. The quantitative estimate of drug-likeness (QED) is 0.380. The maximum absolute atomic E-state index is 11.7. The van der Waals surface area contributed by atoms with Crippen molar-refractivity contribution < 1.29 is 14.7 Å². The van der Waals surface area contributed by atoms with Gasteiger partial charge in [0.25, 0.3) is 0 Å². The summed E-state index contributed by atoms with van der Waals surface area (Å²) in [5.41, 5.74) is 16.5.